The van der Waals surface area contributed by atoms with E-state index >= 15 is 0 Å². The van der Waals surface area contributed by atoms with Gasteiger partial charge in [-0.2, -0.15) is 0 Å². The molecule has 0 N–H and O–H groups in total. The lowest BCUT2D eigenvalue weighted by atomic mass is 10.2. The first-order chi connectivity index (χ1) is 11.5. The molecule has 0 fully saturated rings. The Balaban J connectivity index is 1.94. The summed E-state index contributed by atoms with van der Waals surface area (Å²) in [6.45, 7) is 2.16. The maximum absolute atomic E-state index is 13.6. The first-order valence-corrected chi connectivity index (χ1v) is 7.53. The molecule has 128 valence electrons. The highest BCUT2D eigenvalue weighted by molar-refractivity contribution is 5.77. The fraction of sp³-hybridized carbons (Fsp3) is 0.278. The van der Waals surface area contributed by atoms with Crippen LogP contribution in [0.25, 0.3) is 0 Å². The molecule has 2 aromatic carbocycles. The molecule has 0 unspecified atom stereocenters. The molecule has 0 heterocycles. The summed E-state index contributed by atoms with van der Waals surface area (Å²) in [5.41, 5.74) is 0.238. The van der Waals surface area contributed by atoms with Gasteiger partial charge in [0.2, 0.25) is 0 Å². The van der Waals surface area contributed by atoms with E-state index in [9.17, 15) is 13.6 Å². The van der Waals surface area contributed by atoms with Gasteiger partial charge in [-0.05, 0) is 25.1 Å². The molecule has 0 aliphatic heterocycles. The molecule has 2 rings (SSSR count). The topological polar surface area (TPSA) is 38.8 Å². The number of benzene rings is 2. The lowest BCUT2D eigenvalue weighted by molar-refractivity contribution is -0.132. The van der Waals surface area contributed by atoms with Crippen LogP contribution in [0, 0.1) is 11.6 Å². The summed E-state index contributed by atoms with van der Waals surface area (Å²) in [6.07, 6.45) is 0. The Labute approximate surface area is 139 Å². The number of nitrogens with zero attached hydrogens (tertiary/aromatic N) is 1. The third-order valence-electron chi connectivity index (χ3n) is 3.35. The normalized spacial score (nSPS) is 10.3. The molecule has 2 aromatic rings. The number of rotatable bonds is 7. The predicted molar refractivity (Wildman–Crippen MR) is 85.9 cm³/mol. The number of likely N-dealkylation sites (N-methyl/N-ethyl adjacent to an activating group) is 1. The summed E-state index contributed by atoms with van der Waals surface area (Å²) in [4.78, 5) is 13.5. The minimum Gasteiger partial charge on any atom is -0.490 e. The molecule has 0 saturated heterocycles. The maximum Gasteiger partial charge on any atom is 0.260 e. The highest BCUT2D eigenvalue weighted by Crippen LogP contribution is 2.26. The molecule has 0 aromatic heterocycles. The van der Waals surface area contributed by atoms with Crippen LogP contribution in [0.1, 0.15) is 12.5 Å². The monoisotopic (exact) mass is 335 g/mol. The van der Waals surface area contributed by atoms with Gasteiger partial charge in [-0.15, -0.1) is 0 Å². The summed E-state index contributed by atoms with van der Waals surface area (Å²) in [7, 11) is 1.53. The van der Waals surface area contributed by atoms with Gasteiger partial charge in [-0.3, -0.25) is 4.79 Å². The number of ether oxygens (including phenoxy) is 2. The molecule has 6 heteroatoms. The zero-order valence-corrected chi connectivity index (χ0v) is 13.6. The predicted octanol–water partition coefficient (Wildman–Crippen LogP) is 3.40. The molecule has 0 saturated carbocycles. The summed E-state index contributed by atoms with van der Waals surface area (Å²) >= 11 is 0. The lowest BCUT2D eigenvalue weighted by Crippen LogP contribution is -2.31. The zero-order valence-electron chi connectivity index (χ0n) is 13.6. The minimum absolute atomic E-state index is 0.0292. The van der Waals surface area contributed by atoms with Crippen molar-refractivity contribution in [2.75, 3.05) is 20.3 Å². The van der Waals surface area contributed by atoms with E-state index in [1.165, 1.54) is 18.0 Å². The van der Waals surface area contributed by atoms with E-state index in [1.807, 2.05) is 13.0 Å². The molecule has 0 aliphatic carbocycles. The van der Waals surface area contributed by atoms with Crippen LogP contribution in [-0.4, -0.2) is 31.1 Å². The Morgan fingerprint density at radius 2 is 1.75 bits per heavy atom. The molecular weight excluding hydrogens is 316 g/mol. The zero-order chi connectivity index (χ0) is 17.5. The van der Waals surface area contributed by atoms with E-state index in [0.717, 1.165) is 12.1 Å². The van der Waals surface area contributed by atoms with Crippen LogP contribution in [0.5, 0.6) is 11.5 Å². The quantitative estimate of drug-likeness (QED) is 0.778. The van der Waals surface area contributed by atoms with E-state index < -0.39 is 11.6 Å². The first-order valence-electron chi connectivity index (χ1n) is 7.53. The smallest absolute Gasteiger partial charge is 0.260 e. The fourth-order valence-electron chi connectivity index (χ4n) is 2.09. The van der Waals surface area contributed by atoms with Gasteiger partial charge in [0.15, 0.2) is 18.1 Å². The van der Waals surface area contributed by atoms with Gasteiger partial charge in [0.05, 0.1) is 6.61 Å². The molecule has 0 radical (unpaired) electrons. The molecule has 0 bridgehead atoms. The van der Waals surface area contributed by atoms with E-state index in [1.54, 1.807) is 18.2 Å². The second-order valence-corrected chi connectivity index (χ2v) is 5.15. The van der Waals surface area contributed by atoms with E-state index in [0.29, 0.717) is 18.1 Å². The van der Waals surface area contributed by atoms with Crippen molar-refractivity contribution in [2.24, 2.45) is 0 Å². The van der Waals surface area contributed by atoms with Gasteiger partial charge in [0.25, 0.3) is 5.91 Å². The molecule has 4 nitrogen and oxygen atoms in total. The van der Waals surface area contributed by atoms with Crippen molar-refractivity contribution in [3.05, 3.63) is 59.7 Å². The van der Waals surface area contributed by atoms with E-state index in [-0.39, 0.29) is 24.6 Å². The van der Waals surface area contributed by atoms with Crippen molar-refractivity contribution < 1.29 is 23.0 Å². The SMILES string of the molecule is CCOc1ccccc1OCC(=O)N(C)Cc1ccc(F)cc1F. The Morgan fingerprint density at radius 3 is 2.38 bits per heavy atom. The van der Waals surface area contributed by atoms with E-state index in [4.69, 9.17) is 9.47 Å². The highest BCUT2D eigenvalue weighted by Gasteiger charge is 2.14. The number of carbonyl (C=O) groups is 1. The van der Waals surface area contributed by atoms with Crippen LogP contribution in [0.3, 0.4) is 0 Å². The van der Waals surface area contributed by atoms with Gasteiger partial charge in [0.1, 0.15) is 11.6 Å². The summed E-state index contributed by atoms with van der Waals surface area (Å²) in [5, 5.41) is 0. The van der Waals surface area contributed by atoms with Crippen LogP contribution in [0.4, 0.5) is 8.78 Å². The highest BCUT2D eigenvalue weighted by atomic mass is 19.1. The fourth-order valence-corrected chi connectivity index (χ4v) is 2.09. The second kappa shape index (κ2) is 8.29. The lowest BCUT2D eigenvalue weighted by Gasteiger charge is -2.18. The van der Waals surface area contributed by atoms with Crippen LogP contribution >= 0.6 is 0 Å². The van der Waals surface area contributed by atoms with Gasteiger partial charge in [-0.25, -0.2) is 8.78 Å². The third kappa shape index (κ3) is 4.68. The number of halogens is 2. The Hall–Kier alpha value is -2.63. The van der Waals surface area contributed by atoms with E-state index in [2.05, 4.69) is 0 Å². The standard InChI is InChI=1S/C18H19F2NO3/c1-3-23-16-6-4-5-7-17(16)24-12-18(22)21(2)11-13-8-9-14(19)10-15(13)20/h4-10H,3,11-12H2,1-2H3. The van der Waals surface area contributed by atoms with Crippen molar-refractivity contribution >= 4 is 5.91 Å². The Morgan fingerprint density at radius 1 is 1.08 bits per heavy atom. The van der Waals surface area contributed by atoms with Crippen molar-refractivity contribution in [1.82, 2.24) is 4.90 Å². The van der Waals surface area contributed by atoms with Crippen LogP contribution in [0.2, 0.25) is 0 Å². The van der Waals surface area contributed by atoms with Crippen molar-refractivity contribution in [1.29, 1.82) is 0 Å². The number of hydrogen-bond donors (Lipinski definition) is 0. The third-order valence-corrected chi connectivity index (χ3v) is 3.35. The summed E-state index contributed by atoms with van der Waals surface area (Å²) in [6, 6.07) is 10.3. The molecule has 0 atom stereocenters. The second-order valence-electron chi connectivity index (χ2n) is 5.15. The van der Waals surface area contributed by atoms with Crippen molar-refractivity contribution in [2.45, 2.75) is 13.5 Å². The molecule has 0 aliphatic rings. The van der Waals surface area contributed by atoms with Crippen molar-refractivity contribution in [3.8, 4) is 11.5 Å². The number of hydrogen-bond acceptors (Lipinski definition) is 3. The Bertz CT molecular complexity index is 706. The largest absolute Gasteiger partial charge is 0.490 e. The van der Waals surface area contributed by atoms with Gasteiger partial charge < -0.3 is 14.4 Å². The molecule has 0 spiro atoms. The van der Waals surface area contributed by atoms with Gasteiger partial charge >= 0.3 is 0 Å². The average Bonchev–Trinajstić information content (AvgIpc) is 2.56. The number of carbonyl (C=O) groups excluding carboxylic acids is 1. The number of para-hydroxylation sites is 2. The molecule has 1 amide bonds. The average molecular weight is 335 g/mol. The van der Waals surface area contributed by atoms with Gasteiger partial charge in [-0.1, -0.05) is 18.2 Å². The number of amides is 1. The van der Waals surface area contributed by atoms with Gasteiger partial charge in [0, 0.05) is 25.2 Å². The Kier molecular flexibility index (Phi) is 6.12. The van der Waals surface area contributed by atoms with Crippen molar-refractivity contribution in [3.63, 3.8) is 0 Å². The van der Waals surface area contributed by atoms with Crippen LogP contribution in [-0.2, 0) is 11.3 Å². The maximum atomic E-state index is 13.6. The van der Waals surface area contributed by atoms with Crippen LogP contribution < -0.4 is 9.47 Å². The van der Waals surface area contributed by atoms with Crippen LogP contribution in [0.15, 0.2) is 42.5 Å². The summed E-state index contributed by atoms with van der Waals surface area (Å²) < 4.78 is 37.4. The molecular formula is C18H19F2NO3. The summed E-state index contributed by atoms with van der Waals surface area (Å²) in [5.74, 6) is -0.641. The minimum atomic E-state index is -0.683. The molecule has 24 heavy (non-hydrogen) atoms. The first kappa shape index (κ1) is 17.7.